The molecule has 3 aromatic carbocycles. The first-order valence-corrected chi connectivity index (χ1v) is 7.91. The van der Waals surface area contributed by atoms with Gasteiger partial charge in [-0.1, -0.05) is 60.7 Å². The topological polar surface area (TPSA) is 29.5 Å². The van der Waals surface area contributed by atoms with E-state index in [4.69, 9.17) is 9.84 Å². The van der Waals surface area contributed by atoms with E-state index in [1.54, 1.807) is 6.07 Å². The lowest BCUT2D eigenvalue weighted by atomic mass is 9.94. The summed E-state index contributed by atoms with van der Waals surface area (Å²) in [5, 5.41) is 8.87. The molecule has 0 spiro atoms. The second kappa shape index (κ2) is 7.86. The highest BCUT2D eigenvalue weighted by Gasteiger charge is 2.14. The number of rotatable bonds is 6. The van der Waals surface area contributed by atoms with Crippen molar-refractivity contribution in [3.8, 4) is 22.3 Å². The molecule has 0 saturated heterocycles. The van der Waals surface area contributed by atoms with Crippen LogP contribution >= 0.6 is 0 Å². The Labute approximate surface area is 141 Å². The zero-order valence-electron chi connectivity index (χ0n) is 13.3. The Morgan fingerprint density at radius 1 is 0.792 bits per heavy atom. The molecular weight excluding hydrogens is 303 g/mol. The lowest BCUT2D eigenvalue weighted by Gasteiger charge is -2.14. The molecule has 0 aliphatic rings. The van der Waals surface area contributed by atoms with Gasteiger partial charge in [0.2, 0.25) is 0 Å². The summed E-state index contributed by atoms with van der Waals surface area (Å²) in [6.07, 6.45) is 0. The molecule has 3 heteroatoms. The largest absolute Gasteiger partial charge is 0.394 e. The standard InChI is InChI=1S/C21H19FO2/c22-21-14-18(16-7-3-1-4-8-16)13-19(17-9-5-2-6-10-17)20(21)15-24-12-11-23/h1-10,13-14,23H,11-12,15H2. The van der Waals surface area contributed by atoms with Gasteiger partial charge >= 0.3 is 0 Å². The van der Waals surface area contributed by atoms with Gasteiger partial charge in [-0.3, -0.25) is 0 Å². The van der Waals surface area contributed by atoms with Crippen molar-refractivity contribution in [3.63, 3.8) is 0 Å². The van der Waals surface area contributed by atoms with Gasteiger partial charge in [-0.15, -0.1) is 0 Å². The summed E-state index contributed by atoms with van der Waals surface area (Å²) in [4.78, 5) is 0. The molecule has 0 aliphatic carbocycles. The Balaban J connectivity index is 2.09. The molecule has 0 aromatic heterocycles. The highest BCUT2D eigenvalue weighted by molar-refractivity contribution is 5.75. The van der Waals surface area contributed by atoms with Crippen LogP contribution < -0.4 is 0 Å². The van der Waals surface area contributed by atoms with Crippen LogP contribution in [0.1, 0.15) is 5.56 Å². The molecule has 122 valence electrons. The molecule has 0 unspecified atom stereocenters. The van der Waals surface area contributed by atoms with Crippen molar-refractivity contribution in [1.29, 1.82) is 0 Å². The van der Waals surface area contributed by atoms with E-state index in [1.165, 1.54) is 0 Å². The Bertz CT molecular complexity index is 786. The minimum atomic E-state index is -0.298. The fraction of sp³-hybridized carbons (Fsp3) is 0.143. The van der Waals surface area contributed by atoms with Crippen molar-refractivity contribution in [2.45, 2.75) is 6.61 Å². The molecule has 2 nitrogen and oxygen atoms in total. The lowest BCUT2D eigenvalue weighted by molar-refractivity contribution is 0.0802. The van der Waals surface area contributed by atoms with E-state index in [0.29, 0.717) is 5.56 Å². The van der Waals surface area contributed by atoms with Gasteiger partial charge in [0, 0.05) is 5.56 Å². The molecule has 1 N–H and O–H groups in total. The second-order valence-corrected chi connectivity index (χ2v) is 5.49. The summed E-state index contributed by atoms with van der Waals surface area (Å²) in [5.74, 6) is -0.298. The van der Waals surface area contributed by atoms with E-state index in [1.807, 2.05) is 66.7 Å². The van der Waals surface area contributed by atoms with Gasteiger partial charge in [0.25, 0.3) is 0 Å². The summed E-state index contributed by atoms with van der Waals surface area (Å²) in [6, 6.07) is 23.0. The Morgan fingerprint density at radius 2 is 1.42 bits per heavy atom. The number of ether oxygens (including phenoxy) is 1. The van der Waals surface area contributed by atoms with Crippen molar-refractivity contribution < 1.29 is 14.2 Å². The maximum Gasteiger partial charge on any atom is 0.129 e. The van der Waals surface area contributed by atoms with Crippen molar-refractivity contribution in [2.75, 3.05) is 13.2 Å². The van der Waals surface area contributed by atoms with Gasteiger partial charge in [-0.2, -0.15) is 0 Å². The third kappa shape index (κ3) is 3.70. The summed E-state index contributed by atoms with van der Waals surface area (Å²) >= 11 is 0. The van der Waals surface area contributed by atoms with Crippen LogP contribution in [0.4, 0.5) is 4.39 Å². The molecule has 0 amide bonds. The van der Waals surface area contributed by atoms with Crippen LogP contribution in [0.2, 0.25) is 0 Å². The summed E-state index contributed by atoms with van der Waals surface area (Å²) < 4.78 is 20.1. The number of aliphatic hydroxyl groups excluding tert-OH is 1. The second-order valence-electron chi connectivity index (χ2n) is 5.49. The van der Waals surface area contributed by atoms with Gasteiger partial charge < -0.3 is 9.84 Å². The first-order chi connectivity index (χ1) is 11.8. The molecule has 0 saturated carbocycles. The third-order valence-electron chi connectivity index (χ3n) is 3.87. The fourth-order valence-electron chi connectivity index (χ4n) is 2.69. The van der Waals surface area contributed by atoms with Gasteiger partial charge in [0.15, 0.2) is 0 Å². The third-order valence-corrected chi connectivity index (χ3v) is 3.87. The minimum absolute atomic E-state index is 0.0790. The van der Waals surface area contributed by atoms with E-state index < -0.39 is 0 Å². The van der Waals surface area contributed by atoms with Crippen LogP contribution in [0.5, 0.6) is 0 Å². The summed E-state index contributed by atoms with van der Waals surface area (Å²) in [7, 11) is 0. The van der Waals surface area contributed by atoms with E-state index >= 15 is 0 Å². The van der Waals surface area contributed by atoms with Gasteiger partial charge in [-0.05, 0) is 34.4 Å². The average molecular weight is 322 g/mol. The van der Waals surface area contributed by atoms with Crippen LogP contribution in [0, 0.1) is 5.82 Å². The van der Waals surface area contributed by atoms with Crippen LogP contribution in [0.25, 0.3) is 22.3 Å². The Morgan fingerprint density at radius 3 is 2.04 bits per heavy atom. The zero-order valence-corrected chi connectivity index (χ0v) is 13.3. The van der Waals surface area contributed by atoms with Crippen molar-refractivity contribution in [3.05, 3.63) is 84.2 Å². The molecule has 24 heavy (non-hydrogen) atoms. The maximum absolute atomic E-state index is 14.8. The summed E-state index contributed by atoms with van der Waals surface area (Å²) in [6.45, 7) is 0.240. The molecule has 0 heterocycles. The van der Waals surface area contributed by atoms with Gasteiger partial charge in [0.1, 0.15) is 5.82 Å². The zero-order chi connectivity index (χ0) is 16.8. The molecule has 0 fully saturated rings. The smallest absolute Gasteiger partial charge is 0.129 e. The monoisotopic (exact) mass is 322 g/mol. The number of hydrogen-bond acceptors (Lipinski definition) is 2. The Kier molecular flexibility index (Phi) is 5.36. The molecule has 0 bridgehead atoms. The van der Waals surface area contributed by atoms with Crippen molar-refractivity contribution in [1.82, 2.24) is 0 Å². The number of hydrogen-bond donors (Lipinski definition) is 1. The predicted octanol–water partition coefficient (Wildman–Crippen LogP) is 4.67. The van der Waals surface area contributed by atoms with E-state index in [-0.39, 0.29) is 25.6 Å². The molecule has 0 radical (unpaired) electrons. The fourth-order valence-corrected chi connectivity index (χ4v) is 2.69. The van der Waals surface area contributed by atoms with E-state index in [0.717, 1.165) is 22.3 Å². The van der Waals surface area contributed by atoms with Crippen molar-refractivity contribution >= 4 is 0 Å². The lowest BCUT2D eigenvalue weighted by Crippen LogP contribution is -2.03. The predicted molar refractivity (Wildman–Crippen MR) is 94.0 cm³/mol. The van der Waals surface area contributed by atoms with Crippen LogP contribution in [0.15, 0.2) is 72.8 Å². The highest BCUT2D eigenvalue weighted by atomic mass is 19.1. The highest BCUT2D eigenvalue weighted by Crippen LogP contribution is 2.32. The maximum atomic E-state index is 14.8. The normalized spacial score (nSPS) is 10.8. The van der Waals surface area contributed by atoms with E-state index in [9.17, 15) is 4.39 Å². The Hall–Kier alpha value is -2.49. The molecule has 3 rings (SSSR count). The quantitative estimate of drug-likeness (QED) is 0.668. The SMILES string of the molecule is OCCOCc1c(F)cc(-c2ccccc2)cc1-c1ccccc1. The molecule has 3 aromatic rings. The molecule has 0 atom stereocenters. The van der Waals surface area contributed by atoms with Crippen molar-refractivity contribution in [2.24, 2.45) is 0 Å². The number of benzene rings is 3. The summed E-state index contributed by atoms with van der Waals surface area (Å²) in [5.41, 5.74) is 4.06. The van der Waals surface area contributed by atoms with Gasteiger partial charge in [0.05, 0.1) is 19.8 Å². The minimum Gasteiger partial charge on any atom is -0.394 e. The van der Waals surface area contributed by atoms with Crippen LogP contribution in [-0.4, -0.2) is 18.3 Å². The first kappa shape index (κ1) is 16.4. The first-order valence-electron chi connectivity index (χ1n) is 7.91. The molecular formula is C21H19FO2. The number of aliphatic hydroxyl groups is 1. The van der Waals surface area contributed by atoms with Gasteiger partial charge in [-0.25, -0.2) is 4.39 Å². The van der Waals surface area contributed by atoms with Crippen LogP contribution in [0.3, 0.4) is 0 Å². The number of halogens is 1. The average Bonchev–Trinajstić information content (AvgIpc) is 2.64. The van der Waals surface area contributed by atoms with E-state index in [2.05, 4.69) is 0 Å². The molecule has 0 aliphatic heterocycles. The van der Waals surface area contributed by atoms with Crippen LogP contribution in [-0.2, 0) is 11.3 Å².